The van der Waals surface area contributed by atoms with Crippen molar-refractivity contribution in [2.75, 3.05) is 0 Å². The summed E-state index contributed by atoms with van der Waals surface area (Å²) >= 11 is 4.55. The van der Waals surface area contributed by atoms with E-state index in [1.807, 2.05) is 32.0 Å². The first-order valence-corrected chi connectivity index (χ1v) is 6.73. The summed E-state index contributed by atoms with van der Waals surface area (Å²) in [7, 11) is 0. The highest BCUT2D eigenvalue weighted by atomic mass is 79.9. The van der Waals surface area contributed by atoms with Crippen molar-refractivity contribution in [3.8, 4) is 0 Å². The van der Waals surface area contributed by atoms with E-state index < -0.39 is 0 Å². The van der Waals surface area contributed by atoms with E-state index in [1.54, 1.807) is 6.20 Å². The number of aromatic nitrogens is 1. The van der Waals surface area contributed by atoms with Crippen molar-refractivity contribution in [1.82, 2.24) is 4.98 Å². The average Bonchev–Trinajstić information content (AvgIpc) is 2.27. The van der Waals surface area contributed by atoms with Gasteiger partial charge in [0.2, 0.25) is 0 Å². The molecule has 88 valence electrons. The molecule has 0 unspecified atom stereocenters. The van der Waals surface area contributed by atoms with Gasteiger partial charge in [-0.3, -0.25) is 0 Å². The number of aryl methyl sites for hydroxylation is 2. The molecule has 0 amide bonds. The largest absolute Gasteiger partial charge is 0.245 e. The van der Waals surface area contributed by atoms with Gasteiger partial charge in [-0.15, -0.1) is 0 Å². The lowest BCUT2D eigenvalue weighted by Crippen LogP contribution is -1.88. The third-order valence-electron chi connectivity index (χ3n) is 2.32. The smallest absolute Gasteiger partial charge is 0.156 e. The maximum absolute atomic E-state index is 13.7. The molecule has 2 rings (SSSR count). The summed E-state index contributed by atoms with van der Waals surface area (Å²) in [6.45, 7) is 4.04. The lowest BCUT2D eigenvalue weighted by Gasteiger charge is -2.07. The third kappa shape index (κ3) is 3.07. The number of pyridine rings is 1. The average molecular weight is 312 g/mol. The maximum atomic E-state index is 13.7. The second-order valence-electron chi connectivity index (χ2n) is 3.81. The maximum Gasteiger partial charge on any atom is 0.156 e. The van der Waals surface area contributed by atoms with E-state index in [9.17, 15) is 4.39 Å². The number of halogens is 2. The number of hydrogen-bond donors (Lipinski definition) is 0. The van der Waals surface area contributed by atoms with Crippen LogP contribution < -0.4 is 0 Å². The van der Waals surface area contributed by atoms with Crippen molar-refractivity contribution in [1.29, 1.82) is 0 Å². The molecule has 2 aromatic rings. The van der Waals surface area contributed by atoms with E-state index in [0.717, 1.165) is 16.0 Å². The van der Waals surface area contributed by atoms with Crippen LogP contribution in [0.15, 0.2) is 44.9 Å². The summed E-state index contributed by atoms with van der Waals surface area (Å²) in [6.07, 6.45) is 1.61. The highest BCUT2D eigenvalue weighted by molar-refractivity contribution is 9.10. The molecular weight excluding hydrogens is 301 g/mol. The van der Waals surface area contributed by atoms with E-state index in [-0.39, 0.29) is 5.82 Å². The second-order valence-corrected chi connectivity index (χ2v) is 5.76. The van der Waals surface area contributed by atoms with Crippen LogP contribution in [0.3, 0.4) is 0 Å². The van der Waals surface area contributed by atoms with Crippen LogP contribution in [0.5, 0.6) is 0 Å². The van der Waals surface area contributed by atoms with Gasteiger partial charge in [0.25, 0.3) is 0 Å². The van der Waals surface area contributed by atoms with Gasteiger partial charge in [0.1, 0.15) is 5.03 Å². The van der Waals surface area contributed by atoms with E-state index in [0.29, 0.717) is 9.50 Å². The van der Waals surface area contributed by atoms with Crippen LogP contribution >= 0.6 is 27.7 Å². The molecule has 0 atom stereocenters. The summed E-state index contributed by atoms with van der Waals surface area (Å²) in [5.74, 6) is -0.301. The fraction of sp³-hybridized carbons (Fsp3) is 0.154. The molecule has 0 aliphatic heterocycles. The van der Waals surface area contributed by atoms with Crippen molar-refractivity contribution in [3.05, 3.63) is 51.9 Å². The summed E-state index contributed by atoms with van der Waals surface area (Å²) in [5, 5.41) is 0.405. The number of nitrogens with zero attached hydrogens (tertiary/aromatic N) is 1. The van der Waals surface area contributed by atoms with Gasteiger partial charge in [-0.1, -0.05) is 23.9 Å². The molecule has 0 N–H and O–H groups in total. The number of benzene rings is 1. The minimum atomic E-state index is -0.301. The Morgan fingerprint density at radius 2 is 2.00 bits per heavy atom. The Kier molecular flexibility index (Phi) is 3.84. The zero-order valence-electron chi connectivity index (χ0n) is 9.50. The van der Waals surface area contributed by atoms with Crippen LogP contribution in [0.4, 0.5) is 4.39 Å². The molecule has 0 fully saturated rings. The first-order valence-electron chi connectivity index (χ1n) is 5.12. The van der Waals surface area contributed by atoms with Gasteiger partial charge in [-0.05, 0) is 53.0 Å². The monoisotopic (exact) mass is 311 g/mol. The van der Waals surface area contributed by atoms with E-state index >= 15 is 0 Å². The lowest BCUT2D eigenvalue weighted by atomic mass is 10.2. The SMILES string of the molecule is Cc1ccc(C)c(Sc2ncc(Br)cc2F)c1. The zero-order valence-corrected chi connectivity index (χ0v) is 11.9. The van der Waals surface area contributed by atoms with E-state index in [1.165, 1.54) is 17.8 Å². The molecule has 0 spiro atoms. The Labute approximate surface area is 113 Å². The van der Waals surface area contributed by atoms with Gasteiger partial charge in [0.15, 0.2) is 5.82 Å². The molecular formula is C13H11BrFNS. The lowest BCUT2D eigenvalue weighted by molar-refractivity contribution is 0.586. The Hall–Kier alpha value is -0.870. The van der Waals surface area contributed by atoms with Crippen molar-refractivity contribution >= 4 is 27.7 Å². The molecule has 0 saturated carbocycles. The Bertz CT molecular complexity index is 557. The molecule has 1 nitrogen and oxygen atoms in total. The van der Waals surface area contributed by atoms with Gasteiger partial charge in [0.05, 0.1) is 0 Å². The van der Waals surface area contributed by atoms with Gasteiger partial charge in [-0.2, -0.15) is 0 Å². The molecule has 17 heavy (non-hydrogen) atoms. The van der Waals surface area contributed by atoms with Crippen LogP contribution in [0.2, 0.25) is 0 Å². The van der Waals surface area contributed by atoms with E-state index in [2.05, 4.69) is 20.9 Å². The predicted octanol–water partition coefficient (Wildman–Crippen LogP) is 4.75. The first-order chi connectivity index (χ1) is 8.06. The summed E-state index contributed by atoms with van der Waals surface area (Å²) in [5.41, 5.74) is 2.29. The zero-order chi connectivity index (χ0) is 12.4. The molecule has 1 aromatic heterocycles. The van der Waals surface area contributed by atoms with Crippen molar-refractivity contribution in [2.45, 2.75) is 23.8 Å². The van der Waals surface area contributed by atoms with Gasteiger partial charge >= 0.3 is 0 Å². The third-order valence-corrected chi connectivity index (χ3v) is 3.91. The molecule has 4 heteroatoms. The van der Waals surface area contributed by atoms with Crippen LogP contribution in [-0.4, -0.2) is 4.98 Å². The second kappa shape index (κ2) is 5.19. The highest BCUT2D eigenvalue weighted by Crippen LogP contribution is 2.31. The Morgan fingerprint density at radius 3 is 2.71 bits per heavy atom. The molecule has 0 radical (unpaired) electrons. The number of rotatable bonds is 2. The topological polar surface area (TPSA) is 12.9 Å². The summed E-state index contributed by atoms with van der Waals surface area (Å²) < 4.78 is 14.3. The standard InChI is InChI=1S/C13H11BrFNS/c1-8-3-4-9(2)12(5-8)17-13-11(15)6-10(14)7-16-13/h3-7H,1-2H3. The fourth-order valence-electron chi connectivity index (χ4n) is 1.40. The van der Waals surface area contributed by atoms with Gasteiger partial charge in [-0.25, -0.2) is 9.37 Å². The van der Waals surface area contributed by atoms with E-state index in [4.69, 9.17) is 0 Å². The minimum Gasteiger partial charge on any atom is -0.245 e. The van der Waals surface area contributed by atoms with Gasteiger partial charge in [0, 0.05) is 15.6 Å². The molecule has 0 saturated heterocycles. The van der Waals surface area contributed by atoms with Crippen molar-refractivity contribution < 1.29 is 4.39 Å². The molecule has 1 heterocycles. The first kappa shape index (κ1) is 12.6. The molecule has 0 aliphatic rings. The predicted molar refractivity (Wildman–Crippen MR) is 71.9 cm³/mol. The van der Waals surface area contributed by atoms with Crippen LogP contribution in [0, 0.1) is 19.7 Å². The minimum absolute atomic E-state index is 0.301. The molecule has 0 aliphatic carbocycles. The Morgan fingerprint density at radius 1 is 1.24 bits per heavy atom. The van der Waals surface area contributed by atoms with Gasteiger partial charge < -0.3 is 0 Å². The van der Waals surface area contributed by atoms with Crippen LogP contribution in [-0.2, 0) is 0 Å². The summed E-state index contributed by atoms with van der Waals surface area (Å²) in [6, 6.07) is 7.56. The van der Waals surface area contributed by atoms with Crippen LogP contribution in [0.1, 0.15) is 11.1 Å². The highest BCUT2D eigenvalue weighted by Gasteiger charge is 2.08. The molecule has 0 bridgehead atoms. The molecule has 1 aromatic carbocycles. The quantitative estimate of drug-likeness (QED) is 0.793. The summed E-state index contributed by atoms with van der Waals surface area (Å²) in [4.78, 5) is 5.13. The number of hydrogen-bond acceptors (Lipinski definition) is 2. The Balaban J connectivity index is 2.34. The van der Waals surface area contributed by atoms with Crippen molar-refractivity contribution in [3.63, 3.8) is 0 Å². The van der Waals surface area contributed by atoms with Crippen molar-refractivity contribution in [2.24, 2.45) is 0 Å². The fourth-order valence-corrected chi connectivity index (χ4v) is 2.65. The van der Waals surface area contributed by atoms with Crippen LogP contribution in [0.25, 0.3) is 0 Å². The normalized spacial score (nSPS) is 10.6.